The predicted molar refractivity (Wildman–Crippen MR) is 72.2 cm³/mol. The molecular weight excluding hydrogens is 210 g/mol. The van der Waals surface area contributed by atoms with Crippen LogP contribution in [0.1, 0.15) is 38.2 Å². The van der Waals surface area contributed by atoms with Crippen molar-refractivity contribution in [3.63, 3.8) is 0 Å². The van der Waals surface area contributed by atoms with Crippen LogP contribution in [0.25, 0.3) is 11.0 Å². The molecule has 1 atom stereocenters. The van der Waals surface area contributed by atoms with E-state index in [0.717, 1.165) is 17.8 Å². The molecule has 1 unspecified atom stereocenters. The maximum atomic E-state index is 5.89. The molecule has 0 amide bonds. The highest BCUT2D eigenvalue weighted by Gasteiger charge is 2.14. The Labute approximate surface area is 103 Å². The zero-order valence-corrected chi connectivity index (χ0v) is 11.1. The van der Waals surface area contributed by atoms with E-state index < -0.39 is 0 Å². The molecule has 1 aromatic heterocycles. The number of rotatable bonds is 3. The van der Waals surface area contributed by atoms with Gasteiger partial charge in [0, 0.05) is 18.5 Å². The summed E-state index contributed by atoms with van der Waals surface area (Å²) in [6, 6.07) is 6.99. The topological polar surface area (TPSA) is 43.8 Å². The van der Waals surface area contributed by atoms with Gasteiger partial charge in [-0.25, -0.2) is 4.98 Å². The van der Waals surface area contributed by atoms with Crippen molar-refractivity contribution < 1.29 is 0 Å². The first kappa shape index (κ1) is 12.1. The van der Waals surface area contributed by atoms with Crippen molar-refractivity contribution in [3.05, 3.63) is 29.6 Å². The molecule has 1 heterocycles. The second kappa shape index (κ2) is 4.49. The van der Waals surface area contributed by atoms with Crippen LogP contribution in [0.3, 0.4) is 0 Å². The third kappa shape index (κ3) is 2.34. The van der Waals surface area contributed by atoms with Gasteiger partial charge in [0.05, 0.1) is 11.0 Å². The van der Waals surface area contributed by atoms with Crippen molar-refractivity contribution in [1.29, 1.82) is 0 Å². The van der Waals surface area contributed by atoms with Crippen molar-refractivity contribution in [2.75, 3.05) is 0 Å². The van der Waals surface area contributed by atoms with Gasteiger partial charge >= 0.3 is 0 Å². The molecule has 0 saturated heterocycles. The van der Waals surface area contributed by atoms with Gasteiger partial charge < -0.3 is 10.3 Å². The molecule has 1 aromatic carbocycles. The quantitative estimate of drug-likeness (QED) is 0.882. The zero-order valence-electron chi connectivity index (χ0n) is 11.1. The Morgan fingerprint density at radius 1 is 1.29 bits per heavy atom. The summed E-state index contributed by atoms with van der Waals surface area (Å²) in [6.45, 7) is 8.49. The fourth-order valence-corrected chi connectivity index (χ4v) is 2.27. The lowest BCUT2D eigenvalue weighted by atomic mass is 10.2. The average Bonchev–Trinajstić information content (AvgIpc) is 2.53. The van der Waals surface area contributed by atoms with E-state index >= 15 is 0 Å². The molecule has 17 heavy (non-hydrogen) atoms. The van der Waals surface area contributed by atoms with Crippen LogP contribution in [0, 0.1) is 6.92 Å². The van der Waals surface area contributed by atoms with Gasteiger partial charge in [-0.2, -0.15) is 0 Å². The molecule has 2 rings (SSSR count). The smallest absolute Gasteiger partial charge is 0.111 e. The van der Waals surface area contributed by atoms with Gasteiger partial charge in [-0.1, -0.05) is 6.07 Å². The van der Waals surface area contributed by atoms with Crippen LogP contribution in [-0.4, -0.2) is 15.6 Å². The SMILES string of the molecule is Cc1ccc2c(c1)nc(CC(C)N)n2C(C)C. The third-order valence-electron chi connectivity index (χ3n) is 2.94. The second-order valence-electron chi connectivity index (χ2n) is 5.17. The lowest BCUT2D eigenvalue weighted by molar-refractivity contribution is 0.564. The number of fused-ring (bicyclic) bond motifs is 1. The Bertz CT molecular complexity index is 523. The number of benzene rings is 1. The number of nitrogens with zero attached hydrogens (tertiary/aromatic N) is 2. The second-order valence-corrected chi connectivity index (χ2v) is 5.17. The Morgan fingerprint density at radius 2 is 2.00 bits per heavy atom. The number of nitrogens with two attached hydrogens (primary N) is 1. The van der Waals surface area contributed by atoms with Crippen molar-refractivity contribution >= 4 is 11.0 Å². The van der Waals surface area contributed by atoms with E-state index in [0.29, 0.717) is 6.04 Å². The lowest BCUT2D eigenvalue weighted by Gasteiger charge is -2.14. The van der Waals surface area contributed by atoms with E-state index in [9.17, 15) is 0 Å². The van der Waals surface area contributed by atoms with Gasteiger partial charge in [0.25, 0.3) is 0 Å². The zero-order chi connectivity index (χ0) is 12.6. The Hall–Kier alpha value is -1.35. The first-order chi connectivity index (χ1) is 7.99. The first-order valence-corrected chi connectivity index (χ1v) is 6.22. The molecule has 0 aliphatic carbocycles. The molecule has 2 N–H and O–H groups in total. The first-order valence-electron chi connectivity index (χ1n) is 6.22. The lowest BCUT2D eigenvalue weighted by Crippen LogP contribution is -2.21. The Balaban J connectivity index is 2.61. The Morgan fingerprint density at radius 3 is 2.59 bits per heavy atom. The summed E-state index contributed by atoms with van der Waals surface area (Å²) in [6.07, 6.45) is 0.825. The summed E-state index contributed by atoms with van der Waals surface area (Å²) in [5.74, 6) is 1.09. The highest BCUT2D eigenvalue weighted by atomic mass is 15.1. The molecule has 0 radical (unpaired) electrons. The van der Waals surface area contributed by atoms with Crippen molar-refractivity contribution in [1.82, 2.24) is 9.55 Å². The van der Waals surface area contributed by atoms with E-state index in [4.69, 9.17) is 10.7 Å². The van der Waals surface area contributed by atoms with Crippen molar-refractivity contribution in [2.45, 2.75) is 46.2 Å². The molecule has 0 aliphatic rings. The van der Waals surface area contributed by atoms with Crippen LogP contribution in [0.5, 0.6) is 0 Å². The van der Waals surface area contributed by atoms with Crippen LogP contribution in [0.4, 0.5) is 0 Å². The molecule has 2 aromatic rings. The van der Waals surface area contributed by atoms with Crippen LogP contribution in [-0.2, 0) is 6.42 Å². The Kier molecular flexibility index (Phi) is 3.20. The van der Waals surface area contributed by atoms with E-state index in [1.54, 1.807) is 0 Å². The van der Waals surface area contributed by atoms with E-state index in [1.807, 2.05) is 6.92 Å². The molecule has 0 fully saturated rings. The standard InChI is InChI=1S/C14H21N3/c1-9(2)17-13-6-5-10(3)7-12(13)16-14(17)8-11(4)15/h5-7,9,11H,8,15H2,1-4H3. The summed E-state index contributed by atoms with van der Waals surface area (Å²) in [4.78, 5) is 4.72. The number of aryl methyl sites for hydroxylation is 1. The maximum absolute atomic E-state index is 5.89. The van der Waals surface area contributed by atoms with Crippen molar-refractivity contribution in [3.8, 4) is 0 Å². The minimum absolute atomic E-state index is 0.144. The summed E-state index contributed by atoms with van der Waals surface area (Å²) in [5.41, 5.74) is 9.43. The molecular formula is C14H21N3. The highest BCUT2D eigenvalue weighted by Crippen LogP contribution is 2.22. The van der Waals surface area contributed by atoms with Crippen LogP contribution >= 0.6 is 0 Å². The van der Waals surface area contributed by atoms with Gasteiger partial charge in [0.1, 0.15) is 5.82 Å². The number of hydrogen-bond acceptors (Lipinski definition) is 2. The van der Waals surface area contributed by atoms with Gasteiger partial charge in [-0.3, -0.25) is 0 Å². The third-order valence-corrected chi connectivity index (χ3v) is 2.94. The minimum atomic E-state index is 0.144. The molecule has 0 aliphatic heterocycles. The molecule has 0 bridgehead atoms. The van der Waals surface area contributed by atoms with Crippen LogP contribution in [0.2, 0.25) is 0 Å². The summed E-state index contributed by atoms with van der Waals surface area (Å²) >= 11 is 0. The van der Waals surface area contributed by atoms with Gasteiger partial charge in [-0.15, -0.1) is 0 Å². The molecule has 3 nitrogen and oxygen atoms in total. The van der Waals surface area contributed by atoms with Gasteiger partial charge in [-0.05, 0) is 45.4 Å². The highest BCUT2D eigenvalue weighted by molar-refractivity contribution is 5.77. The van der Waals surface area contributed by atoms with E-state index in [-0.39, 0.29) is 6.04 Å². The summed E-state index contributed by atoms with van der Waals surface area (Å²) in [5, 5.41) is 0. The number of imidazole rings is 1. The maximum Gasteiger partial charge on any atom is 0.111 e. The van der Waals surface area contributed by atoms with Gasteiger partial charge in [0.15, 0.2) is 0 Å². The summed E-state index contributed by atoms with van der Waals surface area (Å²) in [7, 11) is 0. The largest absolute Gasteiger partial charge is 0.328 e. The van der Waals surface area contributed by atoms with Crippen molar-refractivity contribution in [2.24, 2.45) is 5.73 Å². The molecule has 0 spiro atoms. The van der Waals surface area contributed by atoms with E-state index in [1.165, 1.54) is 11.1 Å². The predicted octanol–water partition coefficient (Wildman–Crippen LogP) is 2.82. The van der Waals surface area contributed by atoms with E-state index in [2.05, 4.69) is 43.5 Å². The van der Waals surface area contributed by atoms with Crippen LogP contribution in [0.15, 0.2) is 18.2 Å². The molecule has 92 valence electrons. The number of hydrogen-bond donors (Lipinski definition) is 1. The number of aromatic nitrogens is 2. The normalized spacial score (nSPS) is 13.5. The molecule has 0 saturated carbocycles. The fourth-order valence-electron chi connectivity index (χ4n) is 2.27. The summed E-state index contributed by atoms with van der Waals surface area (Å²) < 4.78 is 2.29. The minimum Gasteiger partial charge on any atom is -0.328 e. The monoisotopic (exact) mass is 231 g/mol. The van der Waals surface area contributed by atoms with Crippen LogP contribution < -0.4 is 5.73 Å². The molecule has 3 heteroatoms. The average molecular weight is 231 g/mol. The van der Waals surface area contributed by atoms with Gasteiger partial charge in [0.2, 0.25) is 0 Å². The fraction of sp³-hybridized carbons (Fsp3) is 0.500.